The van der Waals surface area contributed by atoms with Crippen LogP contribution in [0.2, 0.25) is 0 Å². The molecule has 0 bridgehead atoms. The van der Waals surface area contributed by atoms with Crippen molar-refractivity contribution < 1.29 is 9.53 Å². The van der Waals surface area contributed by atoms with Crippen molar-refractivity contribution in [2.75, 3.05) is 0 Å². The monoisotopic (exact) mass is 492 g/mol. The summed E-state index contributed by atoms with van der Waals surface area (Å²) in [6.45, 7) is 13.1. The largest absolute Gasteiger partial charge is 0.374 e. The Morgan fingerprint density at radius 2 is 1.64 bits per heavy atom. The molecule has 4 saturated carbocycles. The first-order valence-corrected chi connectivity index (χ1v) is 15.4. The molecule has 7 unspecified atom stereocenters. The summed E-state index contributed by atoms with van der Waals surface area (Å²) in [5, 5.41) is 0. The molecule has 4 aliphatic rings. The van der Waals surface area contributed by atoms with Gasteiger partial charge in [-0.3, -0.25) is 4.79 Å². The van der Waals surface area contributed by atoms with Crippen LogP contribution in [0.5, 0.6) is 0 Å². The summed E-state index contributed by atoms with van der Waals surface area (Å²) in [7, 11) is 0. The van der Waals surface area contributed by atoms with E-state index < -0.39 is 0 Å². The van der Waals surface area contributed by atoms with Crippen LogP contribution >= 0.6 is 0 Å². The molecule has 1 aromatic carbocycles. The van der Waals surface area contributed by atoms with Gasteiger partial charge in [0.2, 0.25) is 0 Å². The van der Waals surface area contributed by atoms with E-state index in [1.807, 2.05) is 0 Å². The van der Waals surface area contributed by atoms with Crippen LogP contribution in [0.25, 0.3) is 0 Å². The molecule has 5 rings (SSSR count). The van der Waals surface area contributed by atoms with E-state index in [2.05, 4.69) is 65.0 Å². The number of Topliss-reactive ketones (excluding diaryl/α,β-unsaturated/α-hetero) is 1. The van der Waals surface area contributed by atoms with Gasteiger partial charge in [0.1, 0.15) is 5.78 Å². The normalized spacial score (nSPS) is 41.0. The number of hydrogen-bond acceptors (Lipinski definition) is 2. The van der Waals surface area contributed by atoms with Crippen LogP contribution in [0.1, 0.15) is 111 Å². The number of hydrogen-bond donors (Lipinski definition) is 0. The quantitative estimate of drug-likeness (QED) is 0.362. The van der Waals surface area contributed by atoms with Crippen molar-refractivity contribution in [2.24, 2.45) is 52.3 Å². The van der Waals surface area contributed by atoms with Gasteiger partial charge in [-0.15, -0.1) is 0 Å². The summed E-state index contributed by atoms with van der Waals surface area (Å²) in [5.74, 6) is 5.13. The third kappa shape index (κ3) is 4.85. The molecule has 4 fully saturated rings. The minimum absolute atomic E-state index is 0.309. The lowest BCUT2D eigenvalue weighted by Gasteiger charge is -2.60. The Bertz CT molecular complexity index is 892. The molecule has 9 atom stereocenters. The van der Waals surface area contributed by atoms with Gasteiger partial charge in [-0.2, -0.15) is 0 Å². The minimum Gasteiger partial charge on any atom is -0.374 e. The number of rotatable bonds is 8. The summed E-state index contributed by atoms with van der Waals surface area (Å²) >= 11 is 0. The minimum atomic E-state index is 0.309. The third-order valence-corrected chi connectivity index (χ3v) is 12.0. The molecule has 4 aliphatic carbocycles. The molecule has 0 spiro atoms. The Morgan fingerprint density at radius 1 is 0.917 bits per heavy atom. The molecule has 200 valence electrons. The molecule has 0 aromatic heterocycles. The summed E-state index contributed by atoms with van der Waals surface area (Å²) in [5.41, 5.74) is 1.97. The molecule has 0 N–H and O–H groups in total. The number of ether oxygens (including phenoxy) is 1. The predicted octanol–water partition coefficient (Wildman–Crippen LogP) is 8.87. The zero-order chi connectivity index (χ0) is 25.5. The molecule has 1 aromatic rings. The average Bonchev–Trinajstić information content (AvgIpc) is 3.21. The molecule has 0 amide bonds. The van der Waals surface area contributed by atoms with E-state index in [4.69, 9.17) is 4.74 Å². The van der Waals surface area contributed by atoms with Gasteiger partial charge in [0.25, 0.3) is 0 Å². The summed E-state index contributed by atoms with van der Waals surface area (Å²) in [6.07, 6.45) is 14.0. The Labute approximate surface area is 221 Å². The van der Waals surface area contributed by atoms with Crippen molar-refractivity contribution in [3.05, 3.63) is 35.9 Å². The van der Waals surface area contributed by atoms with Crippen LogP contribution in [0.15, 0.2) is 30.3 Å². The second-order valence-electron chi connectivity index (χ2n) is 14.3. The first kappa shape index (κ1) is 26.5. The molecule has 2 heteroatoms. The second kappa shape index (κ2) is 10.5. The van der Waals surface area contributed by atoms with Gasteiger partial charge in [0.15, 0.2) is 0 Å². The first-order valence-electron chi connectivity index (χ1n) is 15.4. The van der Waals surface area contributed by atoms with Crippen LogP contribution in [0.4, 0.5) is 0 Å². The third-order valence-electron chi connectivity index (χ3n) is 12.0. The Morgan fingerprint density at radius 3 is 2.39 bits per heavy atom. The van der Waals surface area contributed by atoms with Crippen molar-refractivity contribution >= 4 is 5.78 Å². The van der Waals surface area contributed by atoms with Crippen molar-refractivity contribution in [2.45, 2.75) is 118 Å². The van der Waals surface area contributed by atoms with Crippen molar-refractivity contribution in [1.29, 1.82) is 0 Å². The highest BCUT2D eigenvalue weighted by atomic mass is 16.5. The molecular formula is C34H52O2. The van der Waals surface area contributed by atoms with Crippen LogP contribution in [-0.2, 0) is 16.1 Å². The Balaban J connectivity index is 1.25. The van der Waals surface area contributed by atoms with E-state index in [9.17, 15) is 4.79 Å². The van der Waals surface area contributed by atoms with Gasteiger partial charge >= 0.3 is 0 Å². The van der Waals surface area contributed by atoms with Crippen molar-refractivity contribution in [3.63, 3.8) is 0 Å². The number of carbonyl (C=O) groups excluding carboxylic acids is 1. The Kier molecular flexibility index (Phi) is 7.75. The van der Waals surface area contributed by atoms with E-state index in [1.54, 1.807) is 0 Å². The zero-order valence-electron chi connectivity index (χ0n) is 23.8. The fraction of sp³-hybridized carbons (Fsp3) is 0.794. The fourth-order valence-electron chi connectivity index (χ4n) is 9.86. The first-order chi connectivity index (χ1) is 17.2. The molecule has 2 nitrogen and oxygen atoms in total. The molecule has 0 saturated heterocycles. The van der Waals surface area contributed by atoms with Crippen molar-refractivity contribution in [3.8, 4) is 0 Å². The molecule has 0 aliphatic heterocycles. The van der Waals surface area contributed by atoms with Gasteiger partial charge < -0.3 is 4.74 Å². The standard InChI is InChI=1S/C34H52O2/c1-23(2)10-9-11-24(3)28-14-15-29-32-30(17-19-34(28,29)5)33(4)18-16-27(20-26(33)21-31(32)35)36-22-25-12-7-6-8-13-25/h6-8,12-13,23-24,26-30,32H,9-11,14-22H2,1-5H3/t24?,26?,27?,28?,29?,30?,32?,33-,34+/m0/s1. The topological polar surface area (TPSA) is 26.3 Å². The fourth-order valence-corrected chi connectivity index (χ4v) is 9.86. The summed E-state index contributed by atoms with van der Waals surface area (Å²) in [4.78, 5) is 13.9. The Hall–Kier alpha value is -1.15. The van der Waals surface area contributed by atoms with Gasteiger partial charge in [-0.05, 0) is 96.8 Å². The number of benzene rings is 1. The van der Waals surface area contributed by atoms with Crippen LogP contribution < -0.4 is 0 Å². The summed E-state index contributed by atoms with van der Waals surface area (Å²) < 4.78 is 6.40. The lowest BCUT2D eigenvalue weighted by Crippen LogP contribution is -2.57. The molecule has 0 heterocycles. The average molecular weight is 493 g/mol. The number of carbonyl (C=O) groups is 1. The molecule has 0 radical (unpaired) electrons. The van der Waals surface area contributed by atoms with Crippen LogP contribution in [0, 0.1) is 52.3 Å². The van der Waals surface area contributed by atoms with E-state index in [0.29, 0.717) is 53.0 Å². The molecular weight excluding hydrogens is 440 g/mol. The van der Waals surface area contributed by atoms with Gasteiger partial charge in [0.05, 0.1) is 12.7 Å². The van der Waals surface area contributed by atoms with Crippen LogP contribution in [-0.4, -0.2) is 11.9 Å². The highest BCUT2D eigenvalue weighted by Crippen LogP contribution is 2.67. The van der Waals surface area contributed by atoms with Gasteiger partial charge in [-0.25, -0.2) is 0 Å². The van der Waals surface area contributed by atoms with E-state index in [-0.39, 0.29) is 0 Å². The molecule has 36 heavy (non-hydrogen) atoms. The highest BCUT2D eigenvalue weighted by molar-refractivity contribution is 5.83. The van der Waals surface area contributed by atoms with E-state index in [0.717, 1.165) is 37.0 Å². The lowest BCUT2D eigenvalue weighted by atomic mass is 9.44. The SMILES string of the molecule is CC(C)CCCC(C)C1CCC2C3C(=O)CC4CC(OCc5ccccc5)CC[C@]4(C)C3CC[C@]12C. The summed E-state index contributed by atoms with van der Waals surface area (Å²) in [6, 6.07) is 10.6. The maximum absolute atomic E-state index is 13.9. The maximum atomic E-state index is 13.9. The highest BCUT2D eigenvalue weighted by Gasteiger charge is 2.63. The maximum Gasteiger partial charge on any atom is 0.136 e. The lowest BCUT2D eigenvalue weighted by molar-refractivity contribution is -0.163. The predicted molar refractivity (Wildman–Crippen MR) is 148 cm³/mol. The van der Waals surface area contributed by atoms with Gasteiger partial charge in [0, 0.05) is 12.3 Å². The van der Waals surface area contributed by atoms with Gasteiger partial charge in [-0.1, -0.05) is 84.2 Å². The van der Waals surface area contributed by atoms with E-state index in [1.165, 1.54) is 56.9 Å². The number of ketones is 1. The number of fused-ring (bicyclic) bond motifs is 5. The second-order valence-corrected chi connectivity index (χ2v) is 14.3. The smallest absolute Gasteiger partial charge is 0.136 e. The van der Waals surface area contributed by atoms with E-state index >= 15 is 0 Å². The van der Waals surface area contributed by atoms with Crippen molar-refractivity contribution in [1.82, 2.24) is 0 Å². The van der Waals surface area contributed by atoms with Crippen LogP contribution in [0.3, 0.4) is 0 Å². The zero-order valence-corrected chi connectivity index (χ0v) is 23.8.